The summed E-state index contributed by atoms with van der Waals surface area (Å²) in [6.07, 6.45) is 9.40. The van der Waals surface area contributed by atoms with E-state index in [1.807, 2.05) is 10.7 Å². The maximum absolute atomic E-state index is 5.90. The fraction of sp³-hybridized carbons (Fsp3) is 0.471. The average molecular weight is 657 g/mol. The van der Waals surface area contributed by atoms with E-state index in [1.165, 1.54) is 35.1 Å². The minimum atomic E-state index is -1.72. The molecule has 2 aromatic carbocycles. The Hall–Kier alpha value is -1.25. The van der Waals surface area contributed by atoms with Gasteiger partial charge in [-0.25, -0.2) is 6.54 Å². The van der Waals surface area contributed by atoms with Gasteiger partial charge in [0, 0.05) is 5.54 Å². The van der Waals surface area contributed by atoms with Gasteiger partial charge >= 0.3 is 105 Å². The summed E-state index contributed by atoms with van der Waals surface area (Å²) in [5, 5.41) is 0. The van der Waals surface area contributed by atoms with Crippen LogP contribution >= 0.6 is 19.4 Å². The molecule has 0 amide bonds. The first kappa shape index (κ1) is 32.3. The van der Waals surface area contributed by atoms with Crippen LogP contribution in [-0.2, 0) is 25.5 Å². The molecule has 5 heteroatoms. The normalized spacial score (nSPS) is 22.9. The van der Waals surface area contributed by atoms with Crippen molar-refractivity contribution in [3.63, 3.8) is 0 Å². The van der Waals surface area contributed by atoms with Crippen molar-refractivity contribution >= 4 is 24.0 Å². The Morgan fingerprint density at radius 1 is 1.00 bits per heavy atom. The van der Waals surface area contributed by atoms with E-state index in [-0.39, 0.29) is 11.0 Å². The first-order valence-corrected chi connectivity index (χ1v) is 19.6. The molecule has 0 bridgehead atoms. The molecular weight excluding hydrogens is 608 g/mol. The van der Waals surface area contributed by atoms with Gasteiger partial charge in [0.05, 0.1) is 0 Å². The van der Waals surface area contributed by atoms with Crippen LogP contribution in [0.3, 0.4) is 0 Å². The monoisotopic (exact) mass is 656 g/mol. The molecule has 1 saturated heterocycles. The molecule has 0 N–H and O–H groups in total. The van der Waals surface area contributed by atoms with Crippen molar-refractivity contribution in [2.24, 2.45) is 5.92 Å². The Balaban J connectivity index is 0.000000242. The quantitative estimate of drug-likeness (QED) is 0.163. The summed E-state index contributed by atoms with van der Waals surface area (Å²) in [5.74, 6) is 0.651. The second kappa shape index (κ2) is 13.6. The second-order valence-electron chi connectivity index (χ2n) is 12.7. The van der Waals surface area contributed by atoms with Gasteiger partial charge in [0.15, 0.2) is 0 Å². The first-order valence-electron chi connectivity index (χ1n) is 14.1. The molecule has 2 unspecified atom stereocenters. The van der Waals surface area contributed by atoms with Crippen molar-refractivity contribution in [1.82, 2.24) is 4.90 Å². The summed E-state index contributed by atoms with van der Waals surface area (Å²) >= 11 is -1.72. The molecule has 0 radical (unpaired) electrons. The van der Waals surface area contributed by atoms with Crippen molar-refractivity contribution in [1.29, 1.82) is 0 Å². The van der Waals surface area contributed by atoms with Crippen LogP contribution in [0.25, 0.3) is 0 Å². The van der Waals surface area contributed by atoms with Crippen LogP contribution in [0.5, 0.6) is 0 Å². The fourth-order valence-corrected chi connectivity index (χ4v) is 7.98. The molecule has 39 heavy (non-hydrogen) atoms. The second-order valence-corrected chi connectivity index (χ2v) is 18.5. The van der Waals surface area contributed by atoms with Crippen molar-refractivity contribution in [3.8, 4) is 0 Å². The van der Waals surface area contributed by atoms with Gasteiger partial charge in [-0.05, 0) is 56.7 Å². The number of nitrogens with zero attached hydrogens (tertiary/aromatic N) is 2. The van der Waals surface area contributed by atoms with Crippen LogP contribution in [-0.4, -0.2) is 40.7 Å². The van der Waals surface area contributed by atoms with Crippen LogP contribution in [0, 0.1) is 12.5 Å². The SMILES string of the molecule is CCC1=C(N2[CH-]C(C)(c3ccccc3)CC2(C)C)C(CC)CC=C1.C[N+](C)(C)Cc1ccccc1[CH]=[Ru]([Cl])[Cl]. The molecule has 2 nitrogen and oxygen atoms in total. The number of hydrogen-bond donors (Lipinski definition) is 0. The summed E-state index contributed by atoms with van der Waals surface area (Å²) in [4.78, 5) is 2.64. The molecule has 1 fully saturated rings. The molecule has 2 atom stereocenters. The number of allylic oxidation sites excluding steroid dienone is 4. The zero-order valence-corrected chi connectivity index (χ0v) is 28.4. The Kier molecular flexibility index (Phi) is 11.3. The van der Waals surface area contributed by atoms with E-state index in [0.29, 0.717) is 5.92 Å². The third kappa shape index (κ3) is 8.62. The molecular formula is C34H48Cl2N2Ru. The fourth-order valence-electron chi connectivity index (χ4n) is 6.10. The first-order chi connectivity index (χ1) is 18.3. The summed E-state index contributed by atoms with van der Waals surface area (Å²) in [6, 6.07) is 19.3. The molecule has 1 aliphatic carbocycles. The number of quaternary nitrogens is 1. The Morgan fingerprint density at radius 2 is 1.64 bits per heavy atom. The van der Waals surface area contributed by atoms with Gasteiger partial charge in [-0.15, -0.1) is 5.41 Å². The Morgan fingerprint density at radius 3 is 2.23 bits per heavy atom. The van der Waals surface area contributed by atoms with Crippen LogP contribution in [0.4, 0.5) is 0 Å². The number of likely N-dealkylation sites (tertiary alicyclic amines) is 1. The maximum atomic E-state index is 5.90. The van der Waals surface area contributed by atoms with Gasteiger partial charge in [-0.2, -0.15) is 0 Å². The van der Waals surface area contributed by atoms with Crippen molar-refractivity contribution in [2.75, 3.05) is 21.1 Å². The van der Waals surface area contributed by atoms with Gasteiger partial charge < -0.3 is 4.90 Å². The van der Waals surface area contributed by atoms with E-state index in [1.54, 1.807) is 5.70 Å². The van der Waals surface area contributed by atoms with Gasteiger partial charge in [0.2, 0.25) is 0 Å². The third-order valence-corrected chi connectivity index (χ3v) is 9.61. The van der Waals surface area contributed by atoms with Crippen LogP contribution in [0.15, 0.2) is 78.0 Å². The summed E-state index contributed by atoms with van der Waals surface area (Å²) < 4.78 is 2.92. The molecule has 0 spiro atoms. The van der Waals surface area contributed by atoms with Gasteiger partial charge in [-0.3, -0.25) is 0 Å². The average Bonchev–Trinajstić information content (AvgIpc) is 3.13. The molecule has 2 aromatic rings. The molecule has 4 rings (SSSR count). The molecule has 1 aliphatic heterocycles. The topological polar surface area (TPSA) is 3.24 Å². The molecule has 0 aromatic heterocycles. The zero-order valence-electron chi connectivity index (χ0n) is 25.1. The summed E-state index contributed by atoms with van der Waals surface area (Å²) in [7, 11) is 18.3. The van der Waals surface area contributed by atoms with E-state index in [2.05, 4.69) is 128 Å². The minimum absolute atomic E-state index is 0.107. The predicted molar refractivity (Wildman–Crippen MR) is 169 cm³/mol. The zero-order chi connectivity index (χ0) is 28.8. The van der Waals surface area contributed by atoms with E-state index >= 15 is 0 Å². The van der Waals surface area contributed by atoms with Crippen molar-refractivity contribution in [3.05, 3.63) is 101 Å². The number of halogens is 2. The number of rotatable bonds is 7. The van der Waals surface area contributed by atoms with Crippen LogP contribution in [0.1, 0.15) is 77.0 Å². The van der Waals surface area contributed by atoms with E-state index < -0.39 is 13.5 Å². The summed E-state index contributed by atoms with van der Waals surface area (Å²) in [5.41, 5.74) is 7.29. The number of hydrogen-bond acceptors (Lipinski definition) is 1. The van der Waals surface area contributed by atoms with Gasteiger partial charge in [0.25, 0.3) is 0 Å². The number of benzene rings is 2. The van der Waals surface area contributed by atoms with Crippen molar-refractivity contribution in [2.45, 2.75) is 77.8 Å². The molecule has 2 aliphatic rings. The Labute approximate surface area is 251 Å². The Bertz CT molecular complexity index is 1190. The van der Waals surface area contributed by atoms with E-state index in [9.17, 15) is 0 Å². The summed E-state index contributed by atoms with van der Waals surface area (Å²) in [6.45, 7) is 15.3. The van der Waals surface area contributed by atoms with Gasteiger partial charge in [0.1, 0.15) is 0 Å². The molecule has 0 saturated carbocycles. The standard InChI is InChI=1S/C23H32N.C11H16N.2ClH.Ru/c1-6-18-12-11-13-19(7-2)21(18)24-17-23(5,16-22(24,3)4)20-14-9-8-10-15-20;1-10-7-5-6-8-11(10)9-12(2,3)4;;;/h8-12,14-15,17,19H,6-7,13,16H2,1-5H3;1,5-8H,9H2,2-4H3;2*1H;/q-1;+1;;;+2/p-2. The van der Waals surface area contributed by atoms with Crippen molar-refractivity contribution < 1.29 is 18.0 Å². The molecule has 1 heterocycles. The third-order valence-electron chi connectivity index (χ3n) is 7.77. The van der Waals surface area contributed by atoms with Crippen LogP contribution < -0.4 is 0 Å². The predicted octanol–water partition coefficient (Wildman–Crippen LogP) is 9.21. The van der Waals surface area contributed by atoms with Crippen LogP contribution in [0.2, 0.25) is 0 Å². The van der Waals surface area contributed by atoms with E-state index in [0.717, 1.165) is 23.9 Å². The molecule has 216 valence electrons. The van der Waals surface area contributed by atoms with Gasteiger partial charge in [-0.1, -0.05) is 68.8 Å². The van der Waals surface area contributed by atoms with E-state index in [4.69, 9.17) is 19.4 Å².